The molecule has 1 N–H and O–H groups in total. The maximum Gasteiger partial charge on any atom is 0.326 e. The van der Waals surface area contributed by atoms with Gasteiger partial charge in [0.05, 0.1) is 6.61 Å². The first kappa shape index (κ1) is 18.4. The lowest BCUT2D eigenvalue weighted by Gasteiger charge is -2.36. The summed E-state index contributed by atoms with van der Waals surface area (Å²) in [4.78, 5) is 14.8. The van der Waals surface area contributed by atoms with E-state index < -0.39 is 5.54 Å². The molecule has 2 atom stereocenters. The van der Waals surface area contributed by atoms with E-state index in [1.54, 1.807) is 0 Å². The molecule has 1 saturated heterocycles. The van der Waals surface area contributed by atoms with Crippen molar-refractivity contribution in [1.82, 2.24) is 10.2 Å². The SMILES string of the molecule is CCOC(=O)C(C)(CCN1CCCC(CC)C1)NC(C)C. The zero-order valence-corrected chi connectivity index (χ0v) is 14.6. The number of hydrogen-bond donors (Lipinski definition) is 1. The highest BCUT2D eigenvalue weighted by Gasteiger charge is 2.35. The Balaban J connectivity index is 2.58. The molecule has 1 aliphatic rings. The van der Waals surface area contributed by atoms with Crippen LogP contribution in [0, 0.1) is 5.92 Å². The molecule has 0 spiro atoms. The number of ether oxygens (including phenoxy) is 1. The van der Waals surface area contributed by atoms with Gasteiger partial charge in [0.2, 0.25) is 0 Å². The molecular formula is C17H34N2O2. The number of esters is 1. The lowest BCUT2D eigenvalue weighted by Crippen LogP contribution is -2.55. The first-order valence-corrected chi connectivity index (χ1v) is 8.58. The molecule has 1 aliphatic heterocycles. The summed E-state index contributed by atoms with van der Waals surface area (Å²) in [6.45, 7) is 14.0. The first-order valence-electron chi connectivity index (χ1n) is 8.58. The van der Waals surface area contributed by atoms with E-state index in [9.17, 15) is 4.79 Å². The summed E-state index contributed by atoms with van der Waals surface area (Å²) in [6.07, 6.45) is 4.70. The average Bonchev–Trinajstić information content (AvgIpc) is 2.45. The van der Waals surface area contributed by atoms with E-state index in [1.165, 1.54) is 25.8 Å². The summed E-state index contributed by atoms with van der Waals surface area (Å²) in [5.74, 6) is 0.702. The minimum absolute atomic E-state index is 0.122. The molecule has 21 heavy (non-hydrogen) atoms. The van der Waals surface area contributed by atoms with Crippen LogP contribution < -0.4 is 5.32 Å². The largest absolute Gasteiger partial charge is 0.465 e. The second-order valence-corrected chi connectivity index (χ2v) is 6.82. The fourth-order valence-corrected chi connectivity index (χ4v) is 3.23. The summed E-state index contributed by atoms with van der Waals surface area (Å²) in [6, 6.07) is 0.268. The molecule has 4 heteroatoms. The van der Waals surface area contributed by atoms with Gasteiger partial charge in [-0.1, -0.05) is 13.3 Å². The molecule has 0 aromatic carbocycles. The van der Waals surface area contributed by atoms with E-state index >= 15 is 0 Å². The maximum atomic E-state index is 12.3. The number of piperidine rings is 1. The quantitative estimate of drug-likeness (QED) is 0.700. The Morgan fingerprint density at radius 2 is 2.14 bits per heavy atom. The predicted molar refractivity (Wildman–Crippen MR) is 87.4 cm³/mol. The Morgan fingerprint density at radius 1 is 1.43 bits per heavy atom. The molecule has 1 rings (SSSR count). The van der Waals surface area contributed by atoms with E-state index in [2.05, 4.69) is 31.0 Å². The van der Waals surface area contributed by atoms with E-state index in [0.29, 0.717) is 6.61 Å². The fraction of sp³-hybridized carbons (Fsp3) is 0.941. The Kier molecular flexibility index (Phi) is 7.67. The van der Waals surface area contributed by atoms with Crippen LogP contribution in [0.15, 0.2) is 0 Å². The molecular weight excluding hydrogens is 264 g/mol. The Morgan fingerprint density at radius 3 is 2.71 bits per heavy atom. The third-order valence-corrected chi connectivity index (χ3v) is 4.44. The van der Waals surface area contributed by atoms with Gasteiger partial charge < -0.3 is 9.64 Å². The smallest absolute Gasteiger partial charge is 0.326 e. The number of rotatable bonds is 8. The Labute approximate surface area is 130 Å². The molecule has 4 nitrogen and oxygen atoms in total. The summed E-state index contributed by atoms with van der Waals surface area (Å²) in [5, 5.41) is 3.40. The van der Waals surface area contributed by atoms with Crippen molar-refractivity contribution < 1.29 is 9.53 Å². The highest BCUT2D eigenvalue weighted by molar-refractivity contribution is 5.80. The van der Waals surface area contributed by atoms with Crippen molar-refractivity contribution in [3.63, 3.8) is 0 Å². The average molecular weight is 298 g/mol. The van der Waals surface area contributed by atoms with Gasteiger partial charge in [-0.3, -0.25) is 10.1 Å². The van der Waals surface area contributed by atoms with Crippen molar-refractivity contribution in [2.75, 3.05) is 26.2 Å². The van der Waals surface area contributed by atoms with Gasteiger partial charge in [0, 0.05) is 19.1 Å². The summed E-state index contributed by atoms with van der Waals surface area (Å²) in [7, 11) is 0. The van der Waals surface area contributed by atoms with Crippen molar-refractivity contribution in [3.05, 3.63) is 0 Å². The summed E-state index contributed by atoms with van der Waals surface area (Å²) >= 11 is 0. The van der Waals surface area contributed by atoms with Crippen molar-refractivity contribution in [2.45, 2.75) is 71.9 Å². The third-order valence-electron chi connectivity index (χ3n) is 4.44. The summed E-state index contributed by atoms with van der Waals surface area (Å²) < 4.78 is 5.27. The number of hydrogen-bond acceptors (Lipinski definition) is 4. The van der Waals surface area contributed by atoms with Gasteiger partial charge in [0.1, 0.15) is 5.54 Å². The van der Waals surface area contributed by atoms with E-state index in [-0.39, 0.29) is 12.0 Å². The number of carbonyl (C=O) groups is 1. The van der Waals surface area contributed by atoms with E-state index in [1.807, 2.05) is 13.8 Å². The molecule has 124 valence electrons. The molecule has 0 aliphatic carbocycles. The maximum absolute atomic E-state index is 12.3. The van der Waals surface area contributed by atoms with E-state index in [4.69, 9.17) is 4.74 Å². The first-order chi connectivity index (χ1) is 9.91. The van der Waals surface area contributed by atoms with Crippen LogP contribution in [0.5, 0.6) is 0 Å². The van der Waals surface area contributed by atoms with Crippen LogP contribution in [0.4, 0.5) is 0 Å². The molecule has 0 radical (unpaired) electrons. The molecule has 0 amide bonds. The predicted octanol–water partition coefficient (Wildman–Crippen LogP) is 2.82. The Bertz CT molecular complexity index is 320. The fourth-order valence-electron chi connectivity index (χ4n) is 3.23. The van der Waals surface area contributed by atoms with Gasteiger partial charge in [-0.2, -0.15) is 0 Å². The Hall–Kier alpha value is -0.610. The van der Waals surface area contributed by atoms with Gasteiger partial charge in [0.25, 0.3) is 0 Å². The van der Waals surface area contributed by atoms with Crippen molar-refractivity contribution in [2.24, 2.45) is 5.92 Å². The van der Waals surface area contributed by atoms with Gasteiger partial charge >= 0.3 is 5.97 Å². The molecule has 1 fully saturated rings. The monoisotopic (exact) mass is 298 g/mol. The zero-order chi connectivity index (χ0) is 15.9. The van der Waals surface area contributed by atoms with Crippen LogP contribution in [-0.2, 0) is 9.53 Å². The molecule has 0 aromatic rings. The van der Waals surface area contributed by atoms with Crippen molar-refractivity contribution in [1.29, 1.82) is 0 Å². The van der Waals surface area contributed by atoms with Crippen LogP contribution in [0.2, 0.25) is 0 Å². The third kappa shape index (κ3) is 5.95. The molecule has 0 aromatic heterocycles. The standard InChI is InChI=1S/C17H34N2O2/c1-6-15-9-8-11-19(13-15)12-10-17(5,18-14(3)4)16(20)21-7-2/h14-15,18H,6-13H2,1-5H3. The normalized spacial score (nSPS) is 23.0. The minimum Gasteiger partial charge on any atom is -0.465 e. The van der Waals surface area contributed by atoms with Crippen LogP contribution in [0.25, 0.3) is 0 Å². The van der Waals surface area contributed by atoms with Gasteiger partial charge in [0.15, 0.2) is 0 Å². The van der Waals surface area contributed by atoms with Gasteiger partial charge in [-0.25, -0.2) is 0 Å². The van der Waals surface area contributed by atoms with Crippen molar-refractivity contribution >= 4 is 5.97 Å². The van der Waals surface area contributed by atoms with E-state index in [0.717, 1.165) is 25.4 Å². The zero-order valence-electron chi connectivity index (χ0n) is 14.6. The topological polar surface area (TPSA) is 41.6 Å². The van der Waals surface area contributed by atoms with Crippen molar-refractivity contribution in [3.8, 4) is 0 Å². The number of carbonyl (C=O) groups excluding carboxylic acids is 1. The molecule has 1 heterocycles. The second-order valence-electron chi connectivity index (χ2n) is 6.82. The van der Waals surface area contributed by atoms with Crippen LogP contribution in [0.3, 0.4) is 0 Å². The molecule has 2 unspecified atom stereocenters. The van der Waals surface area contributed by atoms with Crippen LogP contribution >= 0.6 is 0 Å². The lowest BCUT2D eigenvalue weighted by atomic mass is 9.93. The lowest BCUT2D eigenvalue weighted by molar-refractivity contribution is -0.151. The van der Waals surface area contributed by atoms with Crippen LogP contribution in [0.1, 0.15) is 60.3 Å². The highest BCUT2D eigenvalue weighted by atomic mass is 16.5. The number of nitrogens with one attached hydrogen (secondary N) is 1. The second kappa shape index (κ2) is 8.74. The molecule has 0 bridgehead atoms. The van der Waals surface area contributed by atoms with Gasteiger partial charge in [-0.05, 0) is 59.4 Å². The van der Waals surface area contributed by atoms with Gasteiger partial charge in [-0.15, -0.1) is 0 Å². The van der Waals surface area contributed by atoms with Crippen LogP contribution in [-0.4, -0.2) is 48.7 Å². The molecule has 0 saturated carbocycles. The summed E-state index contributed by atoms with van der Waals surface area (Å²) in [5.41, 5.74) is -0.580. The minimum atomic E-state index is -0.580. The number of likely N-dealkylation sites (tertiary alicyclic amines) is 1. The highest BCUT2D eigenvalue weighted by Crippen LogP contribution is 2.21. The number of nitrogens with zero attached hydrogens (tertiary/aromatic N) is 1.